The average Bonchev–Trinajstić information content (AvgIpc) is 3.17. The second-order valence-corrected chi connectivity index (χ2v) is 6.41. The average molecular weight is 426 g/mol. The van der Waals surface area contributed by atoms with E-state index in [4.69, 9.17) is 32.4 Å². The van der Waals surface area contributed by atoms with Crippen LogP contribution in [0.4, 0.5) is 4.39 Å². The Kier molecular flexibility index (Phi) is 6.33. The first kappa shape index (κ1) is 19.9. The fourth-order valence-corrected chi connectivity index (χ4v) is 2.89. The number of halogens is 3. The molecule has 3 rings (SSSR count). The highest BCUT2D eigenvalue weighted by molar-refractivity contribution is 6.37. The first-order valence-electron chi connectivity index (χ1n) is 8.10. The van der Waals surface area contributed by atoms with E-state index in [1.165, 1.54) is 17.0 Å². The van der Waals surface area contributed by atoms with Gasteiger partial charge in [-0.25, -0.2) is 9.07 Å². The van der Waals surface area contributed by atoms with Gasteiger partial charge in [0.15, 0.2) is 18.1 Å². The molecule has 1 amide bonds. The number of nitrogens with one attached hydrogen (secondary N) is 1. The molecule has 0 atom stereocenters. The lowest BCUT2D eigenvalue weighted by Gasteiger charge is -2.11. The normalized spacial score (nSPS) is 10.7. The van der Waals surface area contributed by atoms with Crippen LogP contribution in [-0.2, 0) is 11.3 Å². The summed E-state index contributed by atoms with van der Waals surface area (Å²) < 4.78 is 24.8. The molecule has 7 nitrogen and oxygen atoms in total. The molecule has 0 saturated heterocycles. The quantitative estimate of drug-likeness (QED) is 0.628. The van der Waals surface area contributed by atoms with E-state index in [9.17, 15) is 14.0 Å². The zero-order valence-corrected chi connectivity index (χ0v) is 15.8. The summed E-state index contributed by atoms with van der Waals surface area (Å²) in [5.74, 6) is -0.531. The van der Waals surface area contributed by atoms with Crippen LogP contribution in [0.5, 0.6) is 5.75 Å². The predicted molar refractivity (Wildman–Crippen MR) is 101 cm³/mol. The fourth-order valence-electron chi connectivity index (χ4n) is 2.32. The van der Waals surface area contributed by atoms with Crippen LogP contribution in [0.15, 0.2) is 51.9 Å². The summed E-state index contributed by atoms with van der Waals surface area (Å²) in [5, 5.41) is 6.70. The van der Waals surface area contributed by atoms with Gasteiger partial charge in [0, 0.05) is 12.6 Å². The van der Waals surface area contributed by atoms with Crippen LogP contribution >= 0.6 is 23.2 Å². The van der Waals surface area contributed by atoms with Crippen molar-refractivity contribution in [1.29, 1.82) is 0 Å². The Balaban J connectivity index is 1.53. The van der Waals surface area contributed by atoms with E-state index in [2.05, 4.69) is 10.4 Å². The van der Waals surface area contributed by atoms with Gasteiger partial charge < -0.3 is 14.5 Å². The molecule has 0 unspecified atom stereocenters. The minimum absolute atomic E-state index is 0.0175. The lowest BCUT2D eigenvalue weighted by molar-refractivity contribution is -0.123. The van der Waals surface area contributed by atoms with Gasteiger partial charge in [-0.1, -0.05) is 23.2 Å². The number of rotatable bonds is 7. The number of hydrogen-bond acceptors (Lipinski definition) is 5. The van der Waals surface area contributed by atoms with E-state index in [-0.39, 0.29) is 41.1 Å². The molecule has 1 N–H and O–H groups in total. The van der Waals surface area contributed by atoms with Gasteiger partial charge in [-0.05, 0) is 30.3 Å². The first-order valence-corrected chi connectivity index (χ1v) is 8.86. The number of amides is 1. The lowest BCUT2D eigenvalue weighted by Crippen LogP contribution is -2.34. The highest BCUT2D eigenvalue weighted by Crippen LogP contribution is 2.33. The van der Waals surface area contributed by atoms with Gasteiger partial charge in [0.1, 0.15) is 11.5 Å². The van der Waals surface area contributed by atoms with Crippen molar-refractivity contribution in [2.75, 3.05) is 13.2 Å². The van der Waals surface area contributed by atoms with Crippen LogP contribution in [0.3, 0.4) is 0 Å². The van der Waals surface area contributed by atoms with Crippen molar-refractivity contribution in [2.24, 2.45) is 0 Å². The topological polar surface area (TPSA) is 86.4 Å². The van der Waals surface area contributed by atoms with Crippen LogP contribution in [0.1, 0.15) is 0 Å². The second kappa shape index (κ2) is 8.90. The van der Waals surface area contributed by atoms with E-state index >= 15 is 0 Å². The summed E-state index contributed by atoms with van der Waals surface area (Å²) in [4.78, 5) is 23.8. The molecule has 2 heterocycles. The van der Waals surface area contributed by atoms with Crippen molar-refractivity contribution in [3.05, 3.63) is 68.9 Å². The summed E-state index contributed by atoms with van der Waals surface area (Å²) >= 11 is 11.7. The molecule has 0 aliphatic heterocycles. The molecule has 0 bridgehead atoms. The Morgan fingerprint density at radius 2 is 2.00 bits per heavy atom. The van der Waals surface area contributed by atoms with E-state index in [1.807, 2.05) is 0 Å². The molecule has 0 radical (unpaired) electrons. The zero-order valence-electron chi connectivity index (χ0n) is 14.3. The molecule has 3 aromatic rings. The van der Waals surface area contributed by atoms with E-state index in [0.29, 0.717) is 11.5 Å². The van der Waals surface area contributed by atoms with Gasteiger partial charge in [0.2, 0.25) is 0 Å². The molecule has 0 saturated carbocycles. The third-order valence-electron chi connectivity index (χ3n) is 3.60. The molecule has 0 aliphatic carbocycles. The van der Waals surface area contributed by atoms with Gasteiger partial charge >= 0.3 is 0 Å². The molecule has 2 aromatic heterocycles. The summed E-state index contributed by atoms with van der Waals surface area (Å²) in [5.41, 5.74) is 0.186. The first-order chi connectivity index (χ1) is 13.4. The third kappa shape index (κ3) is 4.90. The maximum atomic E-state index is 13.1. The maximum Gasteiger partial charge on any atom is 0.266 e. The van der Waals surface area contributed by atoms with Gasteiger partial charge in [-0.15, -0.1) is 0 Å². The highest BCUT2D eigenvalue weighted by Gasteiger charge is 2.12. The number of carbonyl (C=O) groups excluding carboxylic acids is 1. The monoisotopic (exact) mass is 425 g/mol. The van der Waals surface area contributed by atoms with E-state index in [1.54, 1.807) is 18.2 Å². The third-order valence-corrected chi connectivity index (χ3v) is 4.16. The zero-order chi connectivity index (χ0) is 20.1. The maximum absolute atomic E-state index is 13.1. The van der Waals surface area contributed by atoms with Gasteiger partial charge in [-0.3, -0.25) is 9.59 Å². The van der Waals surface area contributed by atoms with Gasteiger partial charge in [-0.2, -0.15) is 5.10 Å². The van der Waals surface area contributed by atoms with Crippen molar-refractivity contribution in [3.8, 4) is 17.2 Å². The SMILES string of the molecule is O=C(COc1c(Cl)cc(F)cc1Cl)NCCn1nc(-c2ccco2)ccc1=O. The molecule has 1 aromatic carbocycles. The number of aromatic nitrogens is 2. The second-order valence-electron chi connectivity index (χ2n) is 5.59. The van der Waals surface area contributed by atoms with Crippen LogP contribution in [0, 0.1) is 5.82 Å². The van der Waals surface area contributed by atoms with Crippen LogP contribution in [-0.4, -0.2) is 28.8 Å². The summed E-state index contributed by atoms with van der Waals surface area (Å²) in [6, 6.07) is 8.43. The molecule has 0 spiro atoms. The molecule has 0 fully saturated rings. The Labute approximate surface area is 168 Å². The standard InChI is InChI=1S/C18H14Cl2FN3O4/c19-12-8-11(21)9-13(20)18(12)28-10-16(25)22-5-6-24-17(26)4-3-14(23-24)15-2-1-7-27-15/h1-4,7-9H,5-6,10H2,(H,22,25). The van der Waals surface area contributed by atoms with Gasteiger partial charge in [0.05, 0.1) is 22.9 Å². The molecule has 146 valence electrons. The van der Waals surface area contributed by atoms with E-state index in [0.717, 1.165) is 12.1 Å². The van der Waals surface area contributed by atoms with Crippen molar-refractivity contribution in [1.82, 2.24) is 15.1 Å². The molecular weight excluding hydrogens is 412 g/mol. The molecule has 0 aliphatic rings. The Bertz CT molecular complexity index is 1010. The Morgan fingerprint density at radius 3 is 2.68 bits per heavy atom. The summed E-state index contributed by atoms with van der Waals surface area (Å²) in [6.45, 7) is -0.0847. The molecule has 10 heteroatoms. The van der Waals surface area contributed by atoms with Crippen LogP contribution < -0.4 is 15.6 Å². The van der Waals surface area contributed by atoms with Crippen molar-refractivity contribution >= 4 is 29.1 Å². The minimum Gasteiger partial charge on any atom is -0.481 e. The molecular formula is C18H14Cl2FN3O4. The predicted octanol–water partition coefficient (Wildman–Crippen LogP) is 3.14. The number of hydrogen-bond donors (Lipinski definition) is 1. The smallest absolute Gasteiger partial charge is 0.266 e. The summed E-state index contributed by atoms with van der Waals surface area (Å²) in [7, 11) is 0. The number of carbonyl (C=O) groups is 1. The number of furan rings is 1. The number of ether oxygens (including phenoxy) is 1. The van der Waals surface area contributed by atoms with Crippen molar-refractivity contribution in [2.45, 2.75) is 6.54 Å². The van der Waals surface area contributed by atoms with Crippen LogP contribution in [0.2, 0.25) is 10.0 Å². The van der Waals surface area contributed by atoms with Gasteiger partial charge in [0.25, 0.3) is 11.5 Å². The summed E-state index contributed by atoms with van der Waals surface area (Å²) in [6.07, 6.45) is 1.51. The Hall–Kier alpha value is -2.84. The number of nitrogens with zero attached hydrogens (tertiary/aromatic N) is 2. The Morgan fingerprint density at radius 1 is 1.25 bits per heavy atom. The highest BCUT2D eigenvalue weighted by atomic mass is 35.5. The van der Waals surface area contributed by atoms with Crippen LogP contribution in [0.25, 0.3) is 11.5 Å². The van der Waals surface area contributed by atoms with E-state index < -0.39 is 11.7 Å². The number of benzene rings is 1. The largest absolute Gasteiger partial charge is 0.481 e. The fraction of sp³-hybridized carbons (Fsp3) is 0.167. The lowest BCUT2D eigenvalue weighted by atomic mass is 10.3. The van der Waals surface area contributed by atoms with Crippen molar-refractivity contribution in [3.63, 3.8) is 0 Å². The minimum atomic E-state index is -0.610. The van der Waals surface area contributed by atoms with Crippen molar-refractivity contribution < 1.29 is 18.3 Å². The molecule has 28 heavy (non-hydrogen) atoms.